The molecule has 2 unspecified atom stereocenters. The Labute approximate surface area is 115 Å². The number of para-hydroxylation sites is 1. The van der Waals surface area contributed by atoms with Gasteiger partial charge in [-0.1, -0.05) is 37.6 Å². The molecule has 0 aliphatic carbocycles. The van der Waals surface area contributed by atoms with Crippen molar-refractivity contribution in [3.8, 4) is 0 Å². The van der Waals surface area contributed by atoms with Crippen LogP contribution in [0.25, 0.3) is 10.9 Å². The minimum Gasteiger partial charge on any atom is -0.379 e. The topological polar surface area (TPSA) is 34.1 Å². The van der Waals surface area contributed by atoms with Crippen LogP contribution >= 0.6 is 0 Å². The van der Waals surface area contributed by atoms with Gasteiger partial charge in [0.05, 0.1) is 17.7 Å². The van der Waals surface area contributed by atoms with Crippen LogP contribution in [0.15, 0.2) is 36.5 Å². The van der Waals surface area contributed by atoms with Crippen LogP contribution in [0.5, 0.6) is 0 Å². The van der Waals surface area contributed by atoms with Crippen molar-refractivity contribution in [2.24, 2.45) is 0 Å². The number of ether oxygens (including phenoxy) is 1. The number of fused-ring (bicyclic) bond motifs is 1. The first kappa shape index (κ1) is 14.0. The number of benzene rings is 1. The van der Waals surface area contributed by atoms with E-state index in [4.69, 9.17) is 4.74 Å². The molecule has 1 heterocycles. The molecule has 0 radical (unpaired) electrons. The van der Waals surface area contributed by atoms with Gasteiger partial charge in [0.25, 0.3) is 0 Å². The second-order valence-electron chi connectivity index (χ2n) is 4.75. The number of methoxy groups -OCH3 is 1. The number of hydrogen-bond acceptors (Lipinski definition) is 3. The average molecular weight is 258 g/mol. The third-order valence-corrected chi connectivity index (χ3v) is 3.56. The van der Waals surface area contributed by atoms with Crippen molar-refractivity contribution in [2.75, 3.05) is 14.2 Å². The maximum atomic E-state index is 5.66. The number of rotatable bonds is 6. The second kappa shape index (κ2) is 6.64. The van der Waals surface area contributed by atoms with E-state index in [-0.39, 0.29) is 12.1 Å². The van der Waals surface area contributed by atoms with Crippen molar-refractivity contribution in [1.82, 2.24) is 10.3 Å². The van der Waals surface area contributed by atoms with E-state index in [0.717, 1.165) is 18.4 Å². The molecule has 0 saturated heterocycles. The van der Waals surface area contributed by atoms with Crippen LogP contribution in [0, 0.1) is 0 Å². The molecule has 0 saturated carbocycles. The van der Waals surface area contributed by atoms with Gasteiger partial charge < -0.3 is 10.1 Å². The molecule has 1 N–H and O–H groups in total. The minimum atomic E-state index is 0.169. The maximum Gasteiger partial charge on any atom is 0.0766 e. The Kier molecular flexibility index (Phi) is 4.88. The zero-order chi connectivity index (χ0) is 13.7. The Bertz CT molecular complexity index is 522. The summed E-state index contributed by atoms with van der Waals surface area (Å²) in [6.07, 6.45) is 4.16. The van der Waals surface area contributed by atoms with Gasteiger partial charge in [-0.2, -0.15) is 0 Å². The maximum absolute atomic E-state index is 5.66. The van der Waals surface area contributed by atoms with Crippen LogP contribution < -0.4 is 5.32 Å². The fraction of sp³-hybridized carbons (Fsp3) is 0.438. The Hall–Kier alpha value is -1.45. The van der Waals surface area contributed by atoms with E-state index in [1.807, 2.05) is 19.3 Å². The summed E-state index contributed by atoms with van der Waals surface area (Å²) in [4.78, 5) is 4.53. The van der Waals surface area contributed by atoms with Gasteiger partial charge in [0.1, 0.15) is 0 Å². The van der Waals surface area contributed by atoms with Crippen LogP contribution in [0.2, 0.25) is 0 Å². The summed E-state index contributed by atoms with van der Waals surface area (Å²) in [5, 5.41) is 4.55. The van der Waals surface area contributed by atoms with Crippen LogP contribution in [0.1, 0.15) is 31.4 Å². The zero-order valence-electron chi connectivity index (χ0n) is 11.9. The monoisotopic (exact) mass is 258 g/mol. The van der Waals surface area contributed by atoms with Gasteiger partial charge in [-0.05, 0) is 25.1 Å². The molecule has 3 nitrogen and oxygen atoms in total. The van der Waals surface area contributed by atoms with Crippen molar-refractivity contribution in [3.63, 3.8) is 0 Å². The molecule has 0 aliphatic rings. The van der Waals surface area contributed by atoms with Crippen molar-refractivity contribution in [2.45, 2.75) is 31.9 Å². The number of nitrogens with zero attached hydrogens (tertiary/aromatic N) is 1. The van der Waals surface area contributed by atoms with E-state index in [0.29, 0.717) is 0 Å². The fourth-order valence-corrected chi connectivity index (χ4v) is 2.63. The molecule has 0 spiro atoms. The number of aromatic nitrogens is 1. The first-order valence-corrected chi connectivity index (χ1v) is 6.85. The number of hydrogen-bond donors (Lipinski definition) is 1. The van der Waals surface area contributed by atoms with E-state index in [2.05, 4.69) is 41.5 Å². The lowest BCUT2D eigenvalue weighted by Gasteiger charge is -2.26. The molecule has 2 atom stereocenters. The lowest BCUT2D eigenvalue weighted by Crippen LogP contribution is -2.31. The molecule has 2 rings (SSSR count). The minimum absolute atomic E-state index is 0.169. The zero-order valence-corrected chi connectivity index (χ0v) is 11.9. The lowest BCUT2D eigenvalue weighted by molar-refractivity contribution is 0.0634. The van der Waals surface area contributed by atoms with E-state index >= 15 is 0 Å². The van der Waals surface area contributed by atoms with Crippen molar-refractivity contribution < 1.29 is 4.74 Å². The first-order chi connectivity index (χ1) is 9.31. The largest absolute Gasteiger partial charge is 0.379 e. The average Bonchev–Trinajstić information content (AvgIpc) is 2.47. The molecule has 1 aromatic heterocycles. The molecule has 0 bridgehead atoms. The highest BCUT2D eigenvalue weighted by Crippen LogP contribution is 2.27. The molecule has 3 heteroatoms. The van der Waals surface area contributed by atoms with Gasteiger partial charge in [0.2, 0.25) is 0 Å². The van der Waals surface area contributed by atoms with Gasteiger partial charge in [0.15, 0.2) is 0 Å². The molecule has 1 aromatic carbocycles. The van der Waals surface area contributed by atoms with E-state index in [1.165, 1.54) is 10.9 Å². The molecule has 0 aliphatic heterocycles. The molecule has 102 valence electrons. The highest BCUT2D eigenvalue weighted by molar-refractivity contribution is 5.82. The molecular weight excluding hydrogens is 236 g/mol. The Balaban J connectivity index is 2.45. The van der Waals surface area contributed by atoms with E-state index in [9.17, 15) is 0 Å². The third kappa shape index (κ3) is 2.94. The quantitative estimate of drug-likeness (QED) is 0.863. The van der Waals surface area contributed by atoms with Crippen LogP contribution in [-0.2, 0) is 4.74 Å². The van der Waals surface area contributed by atoms with Gasteiger partial charge in [0, 0.05) is 18.7 Å². The second-order valence-corrected chi connectivity index (χ2v) is 4.75. The van der Waals surface area contributed by atoms with Crippen LogP contribution in [-0.4, -0.2) is 25.2 Å². The van der Waals surface area contributed by atoms with Crippen molar-refractivity contribution in [3.05, 3.63) is 42.1 Å². The number of likely N-dealkylation sites (N-methyl/N-ethyl adjacent to an activating group) is 1. The van der Waals surface area contributed by atoms with Gasteiger partial charge in [-0.25, -0.2) is 0 Å². The van der Waals surface area contributed by atoms with E-state index in [1.54, 1.807) is 7.11 Å². The smallest absolute Gasteiger partial charge is 0.0766 e. The molecule has 0 amide bonds. The molecule has 2 aromatic rings. The normalized spacial score (nSPS) is 14.5. The molecular formula is C16H22N2O. The summed E-state index contributed by atoms with van der Waals surface area (Å²) in [6.45, 7) is 2.18. The van der Waals surface area contributed by atoms with Crippen molar-refractivity contribution >= 4 is 10.9 Å². The predicted octanol–water partition coefficient (Wildman–Crippen LogP) is 3.31. The predicted molar refractivity (Wildman–Crippen MR) is 79.2 cm³/mol. The standard InChI is InChI=1S/C16H22N2O/c1-4-7-14(19-3)16(17-2)13-10-5-8-12-9-6-11-18-15(12)13/h5-6,8-11,14,16-17H,4,7H2,1-3H3. The molecule has 19 heavy (non-hydrogen) atoms. The summed E-state index contributed by atoms with van der Waals surface area (Å²) in [6, 6.07) is 10.6. The number of pyridine rings is 1. The van der Waals surface area contributed by atoms with E-state index < -0.39 is 0 Å². The summed E-state index contributed by atoms with van der Waals surface area (Å²) < 4.78 is 5.66. The van der Waals surface area contributed by atoms with Crippen LogP contribution in [0.4, 0.5) is 0 Å². The van der Waals surface area contributed by atoms with Gasteiger partial charge in [-0.3, -0.25) is 4.98 Å². The summed E-state index contributed by atoms with van der Waals surface area (Å²) in [7, 11) is 3.76. The first-order valence-electron chi connectivity index (χ1n) is 6.85. The highest BCUT2D eigenvalue weighted by Gasteiger charge is 2.22. The van der Waals surface area contributed by atoms with Gasteiger partial charge in [-0.15, -0.1) is 0 Å². The Morgan fingerprint density at radius 1 is 1.26 bits per heavy atom. The lowest BCUT2D eigenvalue weighted by atomic mass is 9.96. The van der Waals surface area contributed by atoms with Gasteiger partial charge >= 0.3 is 0 Å². The van der Waals surface area contributed by atoms with Crippen molar-refractivity contribution in [1.29, 1.82) is 0 Å². The number of nitrogens with one attached hydrogen (secondary N) is 1. The summed E-state index contributed by atoms with van der Waals surface area (Å²) >= 11 is 0. The molecule has 0 fully saturated rings. The third-order valence-electron chi connectivity index (χ3n) is 3.56. The Morgan fingerprint density at radius 3 is 2.74 bits per heavy atom. The highest BCUT2D eigenvalue weighted by atomic mass is 16.5. The summed E-state index contributed by atoms with van der Waals surface area (Å²) in [5.41, 5.74) is 2.27. The van der Waals surface area contributed by atoms with Crippen LogP contribution in [0.3, 0.4) is 0 Å². The Morgan fingerprint density at radius 2 is 2.05 bits per heavy atom. The fourth-order valence-electron chi connectivity index (χ4n) is 2.63. The summed E-state index contributed by atoms with van der Waals surface area (Å²) in [5.74, 6) is 0. The SMILES string of the molecule is CCCC(OC)C(NC)c1cccc2cccnc12.